The highest BCUT2D eigenvalue weighted by Crippen LogP contribution is 2.39. The fraction of sp³-hybridized carbons (Fsp3) is 0.346. The fourth-order valence-electron chi connectivity index (χ4n) is 4.63. The van der Waals surface area contributed by atoms with Gasteiger partial charge >= 0.3 is 0 Å². The summed E-state index contributed by atoms with van der Waals surface area (Å²) in [4.78, 5) is 37.8. The van der Waals surface area contributed by atoms with Gasteiger partial charge in [-0.2, -0.15) is 5.26 Å². The Morgan fingerprint density at radius 3 is 2.71 bits per heavy atom. The number of nitriles is 1. The second-order valence-corrected chi connectivity index (χ2v) is 10.2. The molecule has 3 aromatic rings. The quantitative estimate of drug-likeness (QED) is 0.566. The van der Waals surface area contributed by atoms with Crippen molar-refractivity contribution in [1.29, 1.82) is 5.26 Å². The van der Waals surface area contributed by atoms with Gasteiger partial charge in [0, 0.05) is 28.9 Å². The maximum Gasteiger partial charge on any atom is 0.259 e. The molecule has 1 fully saturated rings. The smallest absolute Gasteiger partial charge is 0.259 e. The van der Waals surface area contributed by atoms with E-state index in [-0.39, 0.29) is 17.7 Å². The molecule has 2 aromatic heterocycles. The minimum absolute atomic E-state index is 0.132. The zero-order valence-corrected chi connectivity index (χ0v) is 20.6. The van der Waals surface area contributed by atoms with E-state index in [2.05, 4.69) is 28.3 Å². The van der Waals surface area contributed by atoms with E-state index in [1.807, 2.05) is 11.8 Å². The van der Waals surface area contributed by atoms with Crippen molar-refractivity contribution in [2.75, 3.05) is 12.4 Å². The van der Waals surface area contributed by atoms with Crippen molar-refractivity contribution in [2.24, 2.45) is 11.8 Å². The Morgan fingerprint density at radius 2 is 2.06 bits per heavy atom. The van der Waals surface area contributed by atoms with Crippen LogP contribution in [0.5, 0.6) is 5.75 Å². The first kappa shape index (κ1) is 23.0. The van der Waals surface area contributed by atoms with Gasteiger partial charge in [0.25, 0.3) is 5.91 Å². The van der Waals surface area contributed by atoms with Crippen LogP contribution in [0.3, 0.4) is 0 Å². The molecule has 2 unspecified atom stereocenters. The number of aryl methyl sites for hydroxylation is 1. The average molecular weight is 488 g/mol. The minimum Gasteiger partial charge on any atom is -0.496 e. The molecule has 0 bridgehead atoms. The molecule has 8 nitrogen and oxygen atoms in total. The Balaban J connectivity index is 1.37. The third kappa shape index (κ3) is 4.26. The van der Waals surface area contributed by atoms with Crippen LogP contribution in [-0.4, -0.2) is 33.8 Å². The summed E-state index contributed by atoms with van der Waals surface area (Å²) in [7, 11) is 1.55. The number of methoxy groups -OCH3 is 1. The van der Waals surface area contributed by atoms with Crippen LogP contribution < -0.4 is 10.1 Å². The number of benzene rings is 1. The van der Waals surface area contributed by atoms with Gasteiger partial charge in [-0.1, -0.05) is 18.3 Å². The van der Waals surface area contributed by atoms with E-state index in [1.165, 1.54) is 17.5 Å². The number of carbonyl (C=O) groups is 2. The summed E-state index contributed by atoms with van der Waals surface area (Å²) in [6.07, 6.45) is 3.61. The number of pyridine rings is 1. The van der Waals surface area contributed by atoms with Crippen molar-refractivity contribution in [3.8, 4) is 22.9 Å². The second kappa shape index (κ2) is 9.12. The van der Waals surface area contributed by atoms with E-state index in [0.717, 1.165) is 29.1 Å². The summed E-state index contributed by atoms with van der Waals surface area (Å²) < 4.78 is 5.49. The van der Waals surface area contributed by atoms with E-state index >= 15 is 0 Å². The zero-order chi connectivity index (χ0) is 24.7. The summed E-state index contributed by atoms with van der Waals surface area (Å²) in [5.41, 5.74) is 3.67. The Morgan fingerprint density at radius 1 is 1.23 bits per heavy atom. The largest absolute Gasteiger partial charge is 0.496 e. The molecular weight excluding hydrogens is 462 g/mol. The molecule has 1 N–H and O–H groups in total. The molecule has 0 saturated heterocycles. The number of amides is 2. The maximum absolute atomic E-state index is 13.3. The molecule has 5 rings (SSSR count). The number of anilines is 1. The molecule has 1 aliphatic carbocycles. The number of aromatic nitrogens is 2. The standard InChI is InChI=1S/C26H25N5O3S/c1-14-4-6-17(14)25(33)31-12-21-23(13-31)35-26(29-21)30-24(32)20-11-28-15(2)8-18(20)19-9-16(10-27)5-7-22(19)34-3/h5,7-9,11,14,17H,4,6,12-13H2,1-3H3,(H,29,30,32). The molecule has 0 radical (unpaired) electrons. The van der Waals surface area contributed by atoms with E-state index in [0.29, 0.717) is 52.1 Å². The lowest BCUT2D eigenvalue weighted by Crippen LogP contribution is -2.40. The van der Waals surface area contributed by atoms with Gasteiger partial charge in [0.05, 0.1) is 48.0 Å². The molecule has 0 spiro atoms. The van der Waals surface area contributed by atoms with Gasteiger partial charge in [-0.05, 0) is 49.9 Å². The lowest BCUT2D eigenvalue weighted by atomic mass is 9.74. The van der Waals surface area contributed by atoms with Crippen LogP contribution in [0.2, 0.25) is 0 Å². The van der Waals surface area contributed by atoms with Gasteiger partial charge in [-0.15, -0.1) is 0 Å². The Kier molecular flexibility index (Phi) is 5.99. The summed E-state index contributed by atoms with van der Waals surface area (Å²) >= 11 is 1.40. The third-order valence-electron chi connectivity index (χ3n) is 6.83. The number of carbonyl (C=O) groups excluding carboxylic acids is 2. The molecule has 1 aromatic carbocycles. The van der Waals surface area contributed by atoms with Crippen LogP contribution in [0.1, 0.15) is 52.0 Å². The third-order valence-corrected chi connectivity index (χ3v) is 7.82. The first-order valence-corrected chi connectivity index (χ1v) is 12.3. The van der Waals surface area contributed by atoms with Crippen LogP contribution in [0, 0.1) is 30.1 Å². The summed E-state index contributed by atoms with van der Waals surface area (Å²) in [5, 5.41) is 12.7. The second-order valence-electron chi connectivity index (χ2n) is 9.10. The molecule has 2 atom stereocenters. The molecule has 1 aliphatic heterocycles. The first-order valence-electron chi connectivity index (χ1n) is 11.5. The molecular formula is C26H25N5O3S. The van der Waals surface area contributed by atoms with E-state index in [1.54, 1.807) is 31.4 Å². The molecule has 1 saturated carbocycles. The minimum atomic E-state index is -0.347. The van der Waals surface area contributed by atoms with E-state index in [4.69, 9.17) is 4.74 Å². The van der Waals surface area contributed by atoms with Gasteiger partial charge in [-0.3, -0.25) is 19.9 Å². The van der Waals surface area contributed by atoms with Crippen molar-refractivity contribution < 1.29 is 14.3 Å². The number of hydrogen-bond donors (Lipinski definition) is 1. The van der Waals surface area contributed by atoms with Crippen LogP contribution in [0.15, 0.2) is 30.5 Å². The molecule has 9 heteroatoms. The number of fused-ring (bicyclic) bond motifs is 1. The molecule has 2 amide bonds. The van der Waals surface area contributed by atoms with Crippen molar-refractivity contribution in [2.45, 2.75) is 39.8 Å². The molecule has 35 heavy (non-hydrogen) atoms. The lowest BCUT2D eigenvalue weighted by Gasteiger charge is -2.35. The van der Waals surface area contributed by atoms with Crippen molar-refractivity contribution in [3.05, 3.63) is 57.9 Å². The van der Waals surface area contributed by atoms with Crippen LogP contribution >= 0.6 is 11.3 Å². The highest BCUT2D eigenvalue weighted by atomic mass is 32.1. The number of hydrogen-bond acceptors (Lipinski definition) is 7. The predicted octanol–water partition coefficient (Wildman–Crippen LogP) is 4.53. The number of rotatable bonds is 5. The Bertz CT molecular complexity index is 1350. The first-order chi connectivity index (χ1) is 16.9. The number of thiazole rings is 1. The van der Waals surface area contributed by atoms with Gasteiger partial charge in [0.1, 0.15) is 5.75 Å². The van der Waals surface area contributed by atoms with Crippen LogP contribution in [0.4, 0.5) is 5.13 Å². The van der Waals surface area contributed by atoms with Crippen molar-refractivity contribution in [3.63, 3.8) is 0 Å². The van der Waals surface area contributed by atoms with E-state index < -0.39 is 0 Å². The maximum atomic E-state index is 13.3. The van der Waals surface area contributed by atoms with Crippen molar-refractivity contribution in [1.82, 2.24) is 14.9 Å². The predicted molar refractivity (Wildman–Crippen MR) is 132 cm³/mol. The van der Waals surface area contributed by atoms with E-state index in [9.17, 15) is 14.9 Å². The Hall–Kier alpha value is -3.77. The average Bonchev–Trinajstić information content (AvgIpc) is 3.41. The van der Waals surface area contributed by atoms with Crippen LogP contribution in [-0.2, 0) is 17.9 Å². The molecule has 3 heterocycles. The normalized spacial score (nSPS) is 18.4. The fourth-order valence-corrected chi connectivity index (χ4v) is 5.62. The number of nitrogens with one attached hydrogen (secondary N) is 1. The molecule has 178 valence electrons. The summed E-state index contributed by atoms with van der Waals surface area (Å²) in [5.74, 6) is 1.01. The van der Waals surface area contributed by atoms with Gasteiger partial charge < -0.3 is 9.64 Å². The number of ether oxygens (including phenoxy) is 1. The van der Waals surface area contributed by atoms with Gasteiger partial charge in [0.15, 0.2) is 5.13 Å². The van der Waals surface area contributed by atoms with Crippen molar-refractivity contribution >= 4 is 28.3 Å². The van der Waals surface area contributed by atoms with Gasteiger partial charge in [0.2, 0.25) is 5.91 Å². The summed E-state index contributed by atoms with van der Waals surface area (Å²) in [6.45, 7) is 5.00. The number of nitrogens with zero attached hydrogens (tertiary/aromatic N) is 4. The monoisotopic (exact) mass is 487 g/mol. The molecule has 2 aliphatic rings. The Labute approximate surface area is 207 Å². The van der Waals surface area contributed by atoms with Gasteiger partial charge in [-0.25, -0.2) is 4.98 Å². The lowest BCUT2D eigenvalue weighted by molar-refractivity contribution is -0.141. The summed E-state index contributed by atoms with van der Waals surface area (Å²) in [6, 6.07) is 9.03. The zero-order valence-electron chi connectivity index (χ0n) is 19.8. The topological polar surface area (TPSA) is 108 Å². The highest BCUT2D eigenvalue weighted by molar-refractivity contribution is 7.16. The highest BCUT2D eigenvalue weighted by Gasteiger charge is 2.38. The SMILES string of the molecule is COc1ccc(C#N)cc1-c1cc(C)ncc1C(=O)Nc1nc2c(s1)CN(C(=O)C1CCC1C)C2. The van der Waals surface area contributed by atoms with Crippen LogP contribution in [0.25, 0.3) is 11.1 Å².